The molecule has 1 N–H and O–H groups in total. The second kappa shape index (κ2) is 7.03. The van der Waals surface area contributed by atoms with Gasteiger partial charge in [0.1, 0.15) is 0 Å². The Balaban J connectivity index is 3.32. The summed E-state index contributed by atoms with van der Waals surface area (Å²) >= 11 is 0. The van der Waals surface area contributed by atoms with E-state index in [1.54, 1.807) is 18.2 Å². The first-order valence-electron chi connectivity index (χ1n) is 6.74. The van der Waals surface area contributed by atoms with Crippen LogP contribution in [-0.2, 0) is 23.1 Å². The zero-order valence-corrected chi connectivity index (χ0v) is 12.7. The number of hydrogen-bond donors (Lipinski definition) is 1. The van der Waals surface area contributed by atoms with Gasteiger partial charge in [0.2, 0.25) is 10.0 Å². The SMILES string of the molecule is CCCN(CC)S(=O)(=O)c1cc(CO)ccc1CC. The molecule has 0 saturated carbocycles. The third-order valence-electron chi connectivity index (χ3n) is 3.14. The summed E-state index contributed by atoms with van der Waals surface area (Å²) in [6, 6.07) is 5.15. The highest BCUT2D eigenvalue weighted by atomic mass is 32.2. The lowest BCUT2D eigenvalue weighted by Crippen LogP contribution is -2.32. The van der Waals surface area contributed by atoms with Gasteiger partial charge >= 0.3 is 0 Å². The first-order valence-corrected chi connectivity index (χ1v) is 8.18. The zero-order chi connectivity index (χ0) is 14.5. The molecule has 19 heavy (non-hydrogen) atoms. The van der Waals surface area contributed by atoms with E-state index in [4.69, 9.17) is 0 Å². The van der Waals surface area contributed by atoms with Crippen molar-refractivity contribution in [2.24, 2.45) is 0 Å². The lowest BCUT2D eigenvalue weighted by Gasteiger charge is -2.21. The van der Waals surface area contributed by atoms with Gasteiger partial charge in [0.05, 0.1) is 11.5 Å². The van der Waals surface area contributed by atoms with Gasteiger partial charge in [-0.25, -0.2) is 8.42 Å². The van der Waals surface area contributed by atoms with Crippen molar-refractivity contribution in [1.82, 2.24) is 4.31 Å². The fraction of sp³-hybridized carbons (Fsp3) is 0.571. The average molecular weight is 285 g/mol. The van der Waals surface area contributed by atoms with Gasteiger partial charge in [-0.2, -0.15) is 4.31 Å². The van der Waals surface area contributed by atoms with Crippen LogP contribution in [0.1, 0.15) is 38.3 Å². The second-order valence-electron chi connectivity index (χ2n) is 4.45. The highest BCUT2D eigenvalue weighted by Crippen LogP contribution is 2.22. The maximum atomic E-state index is 12.6. The molecule has 0 saturated heterocycles. The summed E-state index contributed by atoms with van der Waals surface area (Å²) in [5, 5.41) is 9.18. The standard InChI is InChI=1S/C14H23NO3S/c1-4-9-15(6-3)19(17,18)14-10-12(11-16)7-8-13(14)5-2/h7-8,10,16H,4-6,9,11H2,1-3H3. The van der Waals surface area contributed by atoms with Crippen molar-refractivity contribution in [2.45, 2.75) is 45.1 Å². The lowest BCUT2D eigenvalue weighted by molar-refractivity contribution is 0.281. The van der Waals surface area contributed by atoms with E-state index >= 15 is 0 Å². The maximum absolute atomic E-state index is 12.6. The highest BCUT2D eigenvalue weighted by Gasteiger charge is 2.24. The van der Waals surface area contributed by atoms with Gasteiger partial charge < -0.3 is 5.11 Å². The molecule has 0 fully saturated rings. The summed E-state index contributed by atoms with van der Waals surface area (Å²) in [6.45, 7) is 6.57. The molecule has 0 spiro atoms. The van der Waals surface area contributed by atoms with Gasteiger partial charge in [-0.1, -0.05) is 32.9 Å². The Hall–Kier alpha value is -0.910. The molecule has 0 aliphatic rings. The van der Waals surface area contributed by atoms with E-state index in [9.17, 15) is 13.5 Å². The van der Waals surface area contributed by atoms with Gasteiger partial charge in [-0.3, -0.25) is 0 Å². The van der Waals surface area contributed by atoms with Gasteiger partial charge in [0, 0.05) is 13.1 Å². The quantitative estimate of drug-likeness (QED) is 0.835. The van der Waals surface area contributed by atoms with Crippen LogP contribution < -0.4 is 0 Å². The number of benzene rings is 1. The van der Waals surface area contributed by atoms with E-state index in [-0.39, 0.29) is 6.61 Å². The molecule has 0 atom stereocenters. The predicted molar refractivity (Wildman–Crippen MR) is 76.5 cm³/mol. The average Bonchev–Trinajstić information content (AvgIpc) is 2.43. The van der Waals surface area contributed by atoms with E-state index in [2.05, 4.69) is 0 Å². The molecule has 1 aromatic carbocycles. The summed E-state index contributed by atoms with van der Waals surface area (Å²) in [7, 11) is -3.47. The molecule has 0 aliphatic heterocycles. The minimum atomic E-state index is -3.47. The van der Waals surface area contributed by atoms with Crippen molar-refractivity contribution < 1.29 is 13.5 Å². The normalized spacial score (nSPS) is 12.1. The highest BCUT2D eigenvalue weighted by molar-refractivity contribution is 7.89. The zero-order valence-electron chi connectivity index (χ0n) is 11.9. The summed E-state index contributed by atoms with van der Waals surface area (Å²) in [5.74, 6) is 0. The molecule has 0 amide bonds. The van der Waals surface area contributed by atoms with Crippen molar-refractivity contribution in [2.75, 3.05) is 13.1 Å². The number of hydrogen-bond acceptors (Lipinski definition) is 3. The van der Waals surface area contributed by atoms with E-state index < -0.39 is 10.0 Å². The Morgan fingerprint density at radius 3 is 2.37 bits per heavy atom. The fourth-order valence-corrected chi connectivity index (χ4v) is 3.95. The second-order valence-corrected chi connectivity index (χ2v) is 6.36. The summed E-state index contributed by atoms with van der Waals surface area (Å²) < 4.78 is 26.8. The largest absolute Gasteiger partial charge is 0.392 e. The maximum Gasteiger partial charge on any atom is 0.243 e. The molecule has 0 radical (unpaired) electrons. The summed E-state index contributed by atoms with van der Waals surface area (Å²) in [4.78, 5) is 0.330. The van der Waals surface area contributed by atoms with Gasteiger partial charge in [-0.15, -0.1) is 0 Å². The number of aliphatic hydroxyl groups is 1. The topological polar surface area (TPSA) is 57.6 Å². The number of rotatable bonds is 7. The van der Waals surface area contributed by atoms with Crippen molar-refractivity contribution in [3.63, 3.8) is 0 Å². The lowest BCUT2D eigenvalue weighted by atomic mass is 10.1. The van der Waals surface area contributed by atoms with Crippen molar-refractivity contribution in [3.8, 4) is 0 Å². The van der Waals surface area contributed by atoms with Crippen LogP contribution in [0.5, 0.6) is 0 Å². The molecular formula is C14H23NO3S. The van der Waals surface area contributed by atoms with E-state index in [1.165, 1.54) is 4.31 Å². The van der Waals surface area contributed by atoms with Crippen LogP contribution in [0.3, 0.4) is 0 Å². The molecule has 0 heterocycles. The Morgan fingerprint density at radius 2 is 1.89 bits per heavy atom. The van der Waals surface area contributed by atoms with Gasteiger partial charge in [0.25, 0.3) is 0 Å². The monoisotopic (exact) mass is 285 g/mol. The Kier molecular flexibility index (Phi) is 5.97. The number of aliphatic hydroxyl groups excluding tert-OH is 1. The van der Waals surface area contributed by atoms with Crippen LogP contribution in [0.2, 0.25) is 0 Å². The van der Waals surface area contributed by atoms with Crippen LogP contribution in [-0.4, -0.2) is 30.9 Å². The number of aryl methyl sites for hydroxylation is 1. The van der Waals surface area contributed by atoms with Gasteiger partial charge in [-0.05, 0) is 30.0 Å². The van der Waals surface area contributed by atoms with Gasteiger partial charge in [0.15, 0.2) is 0 Å². The minimum absolute atomic E-state index is 0.146. The van der Waals surface area contributed by atoms with Crippen molar-refractivity contribution in [3.05, 3.63) is 29.3 Å². The van der Waals surface area contributed by atoms with Crippen LogP contribution in [0, 0.1) is 0 Å². The van der Waals surface area contributed by atoms with E-state index in [0.29, 0.717) is 30.0 Å². The molecule has 0 aromatic heterocycles. The molecule has 108 valence electrons. The third kappa shape index (κ3) is 3.55. The molecule has 1 aromatic rings. The predicted octanol–water partition coefficient (Wildman–Crippen LogP) is 2.16. The summed E-state index contributed by atoms with van der Waals surface area (Å²) in [6.07, 6.45) is 1.44. The molecule has 5 heteroatoms. The molecule has 1 rings (SSSR count). The Labute approximate surface area is 116 Å². The first kappa shape index (κ1) is 16.1. The van der Waals surface area contributed by atoms with Crippen LogP contribution in [0.25, 0.3) is 0 Å². The van der Waals surface area contributed by atoms with Crippen LogP contribution in [0.4, 0.5) is 0 Å². The summed E-state index contributed by atoms with van der Waals surface area (Å²) in [5.41, 5.74) is 1.43. The Bertz CT molecular complexity index is 511. The van der Waals surface area contributed by atoms with Crippen LogP contribution >= 0.6 is 0 Å². The fourth-order valence-electron chi connectivity index (χ4n) is 2.07. The molecule has 4 nitrogen and oxygen atoms in total. The number of nitrogens with zero attached hydrogens (tertiary/aromatic N) is 1. The molecular weight excluding hydrogens is 262 g/mol. The Morgan fingerprint density at radius 1 is 1.21 bits per heavy atom. The molecule has 0 aliphatic carbocycles. The minimum Gasteiger partial charge on any atom is -0.392 e. The van der Waals surface area contributed by atoms with E-state index in [1.807, 2.05) is 20.8 Å². The smallest absolute Gasteiger partial charge is 0.243 e. The van der Waals surface area contributed by atoms with E-state index in [0.717, 1.165) is 12.0 Å². The first-order chi connectivity index (χ1) is 9.01. The van der Waals surface area contributed by atoms with Crippen molar-refractivity contribution in [1.29, 1.82) is 0 Å². The molecule has 0 bridgehead atoms. The number of sulfonamides is 1. The van der Waals surface area contributed by atoms with Crippen LogP contribution in [0.15, 0.2) is 23.1 Å². The third-order valence-corrected chi connectivity index (χ3v) is 5.20. The molecule has 0 unspecified atom stereocenters. The van der Waals surface area contributed by atoms with Crippen molar-refractivity contribution >= 4 is 10.0 Å².